The van der Waals surface area contributed by atoms with Gasteiger partial charge in [0.05, 0.1) is 7.11 Å². The van der Waals surface area contributed by atoms with E-state index >= 15 is 0 Å². The molecule has 0 saturated heterocycles. The number of ether oxygens (including phenoxy) is 1. The number of hydrogen-bond acceptors (Lipinski definition) is 4. The first-order valence-electron chi connectivity index (χ1n) is 6.73. The second kappa shape index (κ2) is 7.03. The van der Waals surface area contributed by atoms with Crippen molar-refractivity contribution in [3.05, 3.63) is 48.0 Å². The van der Waals surface area contributed by atoms with E-state index in [1.54, 1.807) is 0 Å². The van der Waals surface area contributed by atoms with E-state index in [0.717, 1.165) is 13.0 Å². The third-order valence-corrected chi connectivity index (χ3v) is 3.32. The van der Waals surface area contributed by atoms with Gasteiger partial charge in [-0.15, -0.1) is 0 Å². The van der Waals surface area contributed by atoms with Crippen LogP contribution in [0.1, 0.15) is 5.56 Å². The summed E-state index contributed by atoms with van der Waals surface area (Å²) in [4.78, 5) is 11.2. The zero-order valence-corrected chi connectivity index (χ0v) is 11.6. The fourth-order valence-corrected chi connectivity index (χ4v) is 2.23. The summed E-state index contributed by atoms with van der Waals surface area (Å²) in [5, 5.41) is 5.71. The Kier molecular flexibility index (Phi) is 5.09. The Balaban J connectivity index is 1.89. The molecule has 0 aliphatic heterocycles. The highest BCUT2D eigenvalue weighted by molar-refractivity contribution is 5.85. The molecule has 2 aromatic carbocycles. The molecule has 106 valence electrons. The van der Waals surface area contributed by atoms with E-state index in [0.29, 0.717) is 6.54 Å². The Morgan fingerprint density at radius 3 is 2.80 bits per heavy atom. The zero-order valence-electron chi connectivity index (χ0n) is 11.6. The van der Waals surface area contributed by atoms with Crippen LogP contribution in [0.3, 0.4) is 0 Å². The Bertz CT molecular complexity index is 578. The number of carbonyl (C=O) groups excluding carboxylic acids is 1. The molecule has 0 heterocycles. The number of carbonyl (C=O) groups is 1. The van der Waals surface area contributed by atoms with Gasteiger partial charge < -0.3 is 15.8 Å². The number of benzene rings is 2. The number of nitrogens with one attached hydrogen (secondary N) is 1. The van der Waals surface area contributed by atoms with Crippen molar-refractivity contribution in [2.24, 2.45) is 5.73 Å². The maximum absolute atomic E-state index is 11.2. The van der Waals surface area contributed by atoms with Gasteiger partial charge in [-0.2, -0.15) is 0 Å². The lowest BCUT2D eigenvalue weighted by molar-refractivity contribution is -0.142. The topological polar surface area (TPSA) is 64.3 Å². The molecule has 0 aliphatic rings. The van der Waals surface area contributed by atoms with Crippen LogP contribution in [-0.2, 0) is 16.0 Å². The average molecular weight is 272 g/mol. The monoisotopic (exact) mass is 272 g/mol. The highest BCUT2D eigenvalue weighted by Gasteiger charge is 2.12. The predicted molar refractivity (Wildman–Crippen MR) is 80.5 cm³/mol. The first-order valence-corrected chi connectivity index (χ1v) is 6.73. The molecular formula is C16H20N2O2. The van der Waals surface area contributed by atoms with Gasteiger partial charge in [-0.25, -0.2) is 0 Å². The number of rotatable bonds is 6. The smallest absolute Gasteiger partial charge is 0.323 e. The summed E-state index contributed by atoms with van der Waals surface area (Å²) < 4.78 is 4.58. The van der Waals surface area contributed by atoms with Crippen LogP contribution in [-0.4, -0.2) is 32.2 Å². The van der Waals surface area contributed by atoms with Crippen molar-refractivity contribution in [1.82, 2.24) is 5.32 Å². The summed E-state index contributed by atoms with van der Waals surface area (Å²) in [6.45, 7) is 1.20. The number of nitrogens with two attached hydrogens (primary N) is 1. The van der Waals surface area contributed by atoms with Gasteiger partial charge in [-0.1, -0.05) is 42.5 Å². The highest BCUT2D eigenvalue weighted by Crippen LogP contribution is 2.18. The molecular weight excluding hydrogens is 252 g/mol. The molecule has 0 aliphatic carbocycles. The molecule has 0 fully saturated rings. The number of methoxy groups -OCH3 is 1. The molecule has 4 heteroatoms. The lowest BCUT2D eigenvalue weighted by Crippen LogP contribution is -2.41. The van der Waals surface area contributed by atoms with Crippen LogP contribution in [0, 0.1) is 0 Å². The van der Waals surface area contributed by atoms with Crippen LogP contribution < -0.4 is 11.1 Å². The maximum Gasteiger partial charge on any atom is 0.323 e. The third-order valence-electron chi connectivity index (χ3n) is 3.32. The van der Waals surface area contributed by atoms with Gasteiger partial charge in [0.1, 0.15) is 6.04 Å². The quantitative estimate of drug-likeness (QED) is 0.617. The van der Waals surface area contributed by atoms with Gasteiger partial charge in [0.15, 0.2) is 0 Å². The minimum absolute atomic E-state index is 0.386. The molecule has 0 radical (unpaired) electrons. The van der Waals surface area contributed by atoms with Crippen molar-refractivity contribution < 1.29 is 9.53 Å². The molecule has 2 aromatic rings. The van der Waals surface area contributed by atoms with Gasteiger partial charge in [-0.05, 0) is 29.3 Å². The van der Waals surface area contributed by atoms with Crippen molar-refractivity contribution in [3.8, 4) is 0 Å². The third kappa shape index (κ3) is 3.56. The predicted octanol–water partition coefficient (Wildman–Crippen LogP) is 1.47. The van der Waals surface area contributed by atoms with Crippen LogP contribution >= 0.6 is 0 Å². The van der Waals surface area contributed by atoms with E-state index < -0.39 is 6.04 Å². The summed E-state index contributed by atoms with van der Waals surface area (Å²) in [5.41, 5.74) is 6.95. The van der Waals surface area contributed by atoms with Gasteiger partial charge in [0.25, 0.3) is 0 Å². The minimum Gasteiger partial charge on any atom is -0.468 e. The molecule has 1 atom stereocenters. The highest BCUT2D eigenvalue weighted by atomic mass is 16.5. The van der Waals surface area contributed by atoms with Crippen molar-refractivity contribution in [1.29, 1.82) is 0 Å². The minimum atomic E-state index is -0.604. The Hall–Kier alpha value is -1.91. The Morgan fingerprint density at radius 1 is 1.25 bits per heavy atom. The molecule has 20 heavy (non-hydrogen) atoms. The van der Waals surface area contributed by atoms with Crippen LogP contribution in [0.5, 0.6) is 0 Å². The van der Waals surface area contributed by atoms with Crippen LogP contribution in [0.15, 0.2) is 42.5 Å². The van der Waals surface area contributed by atoms with E-state index in [-0.39, 0.29) is 5.97 Å². The average Bonchev–Trinajstić information content (AvgIpc) is 2.50. The second-order valence-corrected chi connectivity index (χ2v) is 4.72. The van der Waals surface area contributed by atoms with E-state index in [4.69, 9.17) is 5.73 Å². The van der Waals surface area contributed by atoms with E-state index in [9.17, 15) is 4.79 Å². The van der Waals surface area contributed by atoms with Gasteiger partial charge in [0, 0.05) is 6.54 Å². The van der Waals surface area contributed by atoms with Crippen LogP contribution in [0.2, 0.25) is 0 Å². The molecule has 0 amide bonds. The first-order chi connectivity index (χ1) is 9.72. The molecule has 0 bridgehead atoms. The molecule has 3 N–H and O–H groups in total. The number of hydrogen-bond donors (Lipinski definition) is 2. The lowest BCUT2D eigenvalue weighted by Gasteiger charge is -2.11. The summed E-state index contributed by atoms with van der Waals surface area (Å²) >= 11 is 0. The normalized spacial score (nSPS) is 12.3. The Morgan fingerprint density at radius 2 is 2.00 bits per heavy atom. The van der Waals surface area contributed by atoms with Gasteiger partial charge in [-0.3, -0.25) is 4.79 Å². The summed E-state index contributed by atoms with van der Waals surface area (Å²) in [6, 6.07) is 14.0. The Labute approximate surface area is 118 Å². The fourth-order valence-electron chi connectivity index (χ4n) is 2.23. The molecule has 2 rings (SSSR count). The summed E-state index contributed by atoms with van der Waals surface area (Å²) in [5.74, 6) is -0.386. The largest absolute Gasteiger partial charge is 0.468 e. The number of esters is 1. The van der Waals surface area contributed by atoms with Crippen molar-refractivity contribution >= 4 is 16.7 Å². The second-order valence-electron chi connectivity index (χ2n) is 4.72. The molecule has 0 saturated carbocycles. The maximum atomic E-state index is 11.2. The fraction of sp³-hybridized carbons (Fsp3) is 0.312. The zero-order chi connectivity index (χ0) is 14.4. The molecule has 0 spiro atoms. The van der Waals surface area contributed by atoms with E-state index in [1.165, 1.54) is 23.4 Å². The molecule has 4 nitrogen and oxygen atoms in total. The van der Waals surface area contributed by atoms with Crippen molar-refractivity contribution in [3.63, 3.8) is 0 Å². The van der Waals surface area contributed by atoms with Gasteiger partial charge >= 0.3 is 5.97 Å². The van der Waals surface area contributed by atoms with Crippen molar-refractivity contribution in [2.45, 2.75) is 12.5 Å². The molecule has 0 aromatic heterocycles. The van der Waals surface area contributed by atoms with Crippen LogP contribution in [0.4, 0.5) is 0 Å². The van der Waals surface area contributed by atoms with E-state index in [2.05, 4.69) is 40.4 Å². The van der Waals surface area contributed by atoms with E-state index in [1.807, 2.05) is 12.1 Å². The SMILES string of the molecule is COC(=O)C(N)CNCCc1cccc2ccccc12. The van der Waals surface area contributed by atoms with Gasteiger partial charge in [0.2, 0.25) is 0 Å². The summed E-state index contributed by atoms with van der Waals surface area (Å²) in [6.07, 6.45) is 0.898. The number of fused-ring (bicyclic) bond motifs is 1. The first kappa shape index (κ1) is 14.5. The lowest BCUT2D eigenvalue weighted by atomic mass is 10.0. The summed E-state index contributed by atoms with van der Waals surface area (Å²) in [7, 11) is 1.35. The molecule has 1 unspecified atom stereocenters. The standard InChI is InChI=1S/C16H20N2O2/c1-20-16(19)15(17)11-18-10-9-13-7-4-6-12-5-2-3-8-14(12)13/h2-8,15,18H,9-11,17H2,1H3. The van der Waals surface area contributed by atoms with Crippen LogP contribution in [0.25, 0.3) is 10.8 Å². The van der Waals surface area contributed by atoms with Crippen molar-refractivity contribution in [2.75, 3.05) is 20.2 Å².